The molecule has 1 aromatic heterocycles. The molecule has 1 N–H and O–H groups in total. The molecular weight excluding hydrogens is 397 g/mol. The van der Waals surface area contributed by atoms with Gasteiger partial charge in [-0.05, 0) is 48.7 Å². The molecule has 1 saturated heterocycles. The molecule has 1 aliphatic rings. The molecule has 4 rings (SSSR count). The van der Waals surface area contributed by atoms with Crippen LogP contribution >= 0.6 is 0 Å². The lowest BCUT2D eigenvalue weighted by molar-refractivity contribution is -0.138. The van der Waals surface area contributed by atoms with Gasteiger partial charge in [-0.1, -0.05) is 25.1 Å². The zero-order valence-corrected chi connectivity index (χ0v) is 17.3. The van der Waals surface area contributed by atoms with Gasteiger partial charge in [-0.3, -0.25) is 14.4 Å². The second kappa shape index (κ2) is 8.71. The number of aromatic nitrogens is 1. The Labute approximate surface area is 179 Å². The number of hydrogen-bond acceptors (Lipinski definition) is 3. The standard InChI is InChI=1S/C24H24FN3O3/c1-2-5-22(29)27(13-12-16-15-26-20-7-4-3-6-19(16)20)21-14-23(30)28(24(21)31)18-10-8-17(25)9-11-18/h3-4,6-11,15,21,26H,2,5,12-14H2,1H3. The number of imide groups is 1. The summed E-state index contributed by atoms with van der Waals surface area (Å²) in [6.07, 6.45) is 3.37. The first-order valence-corrected chi connectivity index (χ1v) is 10.5. The van der Waals surface area contributed by atoms with Crippen molar-refractivity contribution in [2.24, 2.45) is 0 Å². The van der Waals surface area contributed by atoms with Gasteiger partial charge in [-0.25, -0.2) is 9.29 Å². The number of nitrogens with zero attached hydrogens (tertiary/aromatic N) is 2. The first kappa shape index (κ1) is 20.8. The monoisotopic (exact) mass is 421 g/mol. The molecule has 1 fully saturated rings. The van der Waals surface area contributed by atoms with Crippen molar-refractivity contribution in [1.82, 2.24) is 9.88 Å². The maximum atomic E-state index is 13.3. The van der Waals surface area contributed by atoms with E-state index in [1.165, 1.54) is 29.2 Å². The van der Waals surface area contributed by atoms with Crippen molar-refractivity contribution in [3.05, 3.63) is 66.1 Å². The number of carbonyl (C=O) groups is 3. The molecule has 0 saturated carbocycles. The summed E-state index contributed by atoms with van der Waals surface area (Å²) in [6.45, 7) is 2.24. The van der Waals surface area contributed by atoms with Gasteiger partial charge in [0.1, 0.15) is 11.9 Å². The highest BCUT2D eigenvalue weighted by Gasteiger charge is 2.44. The fourth-order valence-corrected chi connectivity index (χ4v) is 4.11. The van der Waals surface area contributed by atoms with Crippen LogP contribution in [-0.4, -0.2) is 40.2 Å². The van der Waals surface area contributed by atoms with E-state index < -0.39 is 17.8 Å². The normalized spacial score (nSPS) is 16.3. The fraction of sp³-hybridized carbons (Fsp3) is 0.292. The Morgan fingerprint density at radius 3 is 2.65 bits per heavy atom. The van der Waals surface area contributed by atoms with Gasteiger partial charge < -0.3 is 9.88 Å². The van der Waals surface area contributed by atoms with Gasteiger partial charge in [0.05, 0.1) is 12.1 Å². The van der Waals surface area contributed by atoms with Gasteiger partial charge in [0.25, 0.3) is 5.91 Å². The van der Waals surface area contributed by atoms with E-state index in [1.54, 1.807) is 0 Å². The van der Waals surface area contributed by atoms with Crippen molar-refractivity contribution in [2.45, 2.75) is 38.6 Å². The summed E-state index contributed by atoms with van der Waals surface area (Å²) in [5.74, 6) is -1.42. The van der Waals surface area contributed by atoms with E-state index in [1.807, 2.05) is 37.4 Å². The van der Waals surface area contributed by atoms with Crippen molar-refractivity contribution in [3.8, 4) is 0 Å². The lowest BCUT2D eigenvalue weighted by Crippen LogP contribution is -2.46. The Balaban J connectivity index is 1.57. The summed E-state index contributed by atoms with van der Waals surface area (Å²) in [5.41, 5.74) is 2.38. The third-order valence-corrected chi connectivity index (χ3v) is 5.67. The molecular formula is C24H24FN3O3. The highest BCUT2D eigenvalue weighted by molar-refractivity contribution is 6.23. The van der Waals surface area contributed by atoms with Gasteiger partial charge in [0.2, 0.25) is 11.8 Å². The maximum absolute atomic E-state index is 13.3. The average molecular weight is 421 g/mol. The number of H-pyrrole nitrogens is 1. The van der Waals surface area contributed by atoms with Crippen LogP contribution < -0.4 is 4.90 Å². The zero-order chi connectivity index (χ0) is 22.0. The quantitative estimate of drug-likeness (QED) is 0.590. The van der Waals surface area contributed by atoms with Crippen molar-refractivity contribution in [1.29, 1.82) is 0 Å². The SMILES string of the molecule is CCCC(=O)N(CCc1c[nH]c2ccccc12)C1CC(=O)N(c2ccc(F)cc2)C1=O. The minimum Gasteiger partial charge on any atom is -0.361 e. The number of anilines is 1. The second-order valence-corrected chi connectivity index (χ2v) is 7.71. The molecule has 0 spiro atoms. The zero-order valence-electron chi connectivity index (χ0n) is 17.3. The largest absolute Gasteiger partial charge is 0.361 e. The van der Waals surface area contributed by atoms with Crippen LogP contribution in [0.2, 0.25) is 0 Å². The Bertz CT molecular complexity index is 1120. The van der Waals surface area contributed by atoms with E-state index >= 15 is 0 Å². The molecule has 160 valence electrons. The highest BCUT2D eigenvalue weighted by atomic mass is 19.1. The summed E-state index contributed by atoms with van der Waals surface area (Å²) in [7, 11) is 0. The van der Waals surface area contributed by atoms with Crippen LogP contribution in [0.25, 0.3) is 10.9 Å². The van der Waals surface area contributed by atoms with Crippen molar-refractivity contribution >= 4 is 34.3 Å². The lowest BCUT2D eigenvalue weighted by Gasteiger charge is -2.27. The predicted octanol–water partition coefficient (Wildman–Crippen LogP) is 3.81. The molecule has 0 radical (unpaired) electrons. The van der Waals surface area contributed by atoms with Crippen LogP contribution in [-0.2, 0) is 20.8 Å². The fourth-order valence-electron chi connectivity index (χ4n) is 4.11. The minimum absolute atomic E-state index is 0.0699. The van der Waals surface area contributed by atoms with Gasteiger partial charge in [0, 0.05) is 30.1 Å². The molecule has 31 heavy (non-hydrogen) atoms. The van der Waals surface area contributed by atoms with Crippen LogP contribution in [0.3, 0.4) is 0 Å². The summed E-state index contributed by atoms with van der Waals surface area (Å²) < 4.78 is 13.3. The number of hydrogen-bond donors (Lipinski definition) is 1. The van der Waals surface area contributed by atoms with Crippen molar-refractivity contribution in [3.63, 3.8) is 0 Å². The van der Waals surface area contributed by atoms with E-state index in [4.69, 9.17) is 0 Å². The molecule has 2 heterocycles. The van der Waals surface area contributed by atoms with E-state index in [0.717, 1.165) is 21.4 Å². The predicted molar refractivity (Wildman–Crippen MR) is 116 cm³/mol. The molecule has 0 bridgehead atoms. The number of aromatic amines is 1. The first-order valence-electron chi connectivity index (χ1n) is 10.5. The van der Waals surface area contributed by atoms with Gasteiger partial charge in [-0.15, -0.1) is 0 Å². The van der Waals surface area contributed by atoms with Crippen molar-refractivity contribution in [2.75, 3.05) is 11.4 Å². The lowest BCUT2D eigenvalue weighted by atomic mass is 10.1. The smallest absolute Gasteiger partial charge is 0.257 e. The average Bonchev–Trinajstić information content (AvgIpc) is 3.30. The first-order chi connectivity index (χ1) is 15.0. The molecule has 6 nitrogen and oxygen atoms in total. The van der Waals surface area contributed by atoms with Crippen LogP contribution in [0.15, 0.2) is 54.7 Å². The molecule has 7 heteroatoms. The van der Waals surface area contributed by atoms with E-state index in [9.17, 15) is 18.8 Å². The second-order valence-electron chi connectivity index (χ2n) is 7.71. The number of amides is 3. The molecule has 0 aliphatic carbocycles. The third kappa shape index (κ3) is 4.08. The number of fused-ring (bicyclic) bond motifs is 1. The third-order valence-electron chi connectivity index (χ3n) is 5.67. The van der Waals surface area contributed by atoms with Crippen LogP contribution in [0.1, 0.15) is 31.7 Å². The molecule has 3 aromatic rings. The Kier molecular flexibility index (Phi) is 5.84. The van der Waals surface area contributed by atoms with Crippen LogP contribution in [0, 0.1) is 5.82 Å². The highest BCUT2D eigenvalue weighted by Crippen LogP contribution is 2.27. The molecule has 3 amide bonds. The number of carbonyl (C=O) groups excluding carboxylic acids is 3. The molecule has 1 atom stereocenters. The van der Waals surface area contributed by atoms with E-state index in [-0.39, 0.29) is 18.2 Å². The molecule has 1 unspecified atom stereocenters. The van der Waals surface area contributed by atoms with Gasteiger partial charge >= 0.3 is 0 Å². The van der Waals surface area contributed by atoms with Crippen molar-refractivity contribution < 1.29 is 18.8 Å². The molecule has 2 aromatic carbocycles. The minimum atomic E-state index is -0.846. The summed E-state index contributed by atoms with van der Waals surface area (Å²) >= 11 is 0. The number of nitrogens with one attached hydrogen (secondary N) is 1. The topological polar surface area (TPSA) is 73.5 Å². The van der Waals surface area contributed by atoms with E-state index in [0.29, 0.717) is 31.5 Å². The Hall–Kier alpha value is -3.48. The number of rotatable bonds is 7. The number of para-hydroxylation sites is 1. The van der Waals surface area contributed by atoms with Gasteiger partial charge in [0.15, 0.2) is 0 Å². The summed E-state index contributed by atoms with van der Waals surface area (Å²) in [4.78, 5) is 44.5. The Morgan fingerprint density at radius 1 is 1.16 bits per heavy atom. The molecule has 1 aliphatic heterocycles. The number of halogens is 1. The van der Waals surface area contributed by atoms with Crippen LogP contribution in [0.4, 0.5) is 10.1 Å². The van der Waals surface area contributed by atoms with Gasteiger partial charge in [-0.2, -0.15) is 0 Å². The maximum Gasteiger partial charge on any atom is 0.257 e. The van der Waals surface area contributed by atoms with E-state index in [2.05, 4.69) is 4.98 Å². The Morgan fingerprint density at radius 2 is 1.90 bits per heavy atom. The summed E-state index contributed by atoms with van der Waals surface area (Å²) in [6, 6.07) is 12.3. The summed E-state index contributed by atoms with van der Waals surface area (Å²) in [5, 5.41) is 1.08. The van der Waals surface area contributed by atoms with Crippen LogP contribution in [0.5, 0.6) is 0 Å². The number of benzene rings is 2.